The Kier molecular flexibility index (Phi) is 6.03. The summed E-state index contributed by atoms with van der Waals surface area (Å²) in [6.45, 7) is 3.88. The molecule has 4 nitrogen and oxygen atoms in total. The number of halogens is 1. The van der Waals surface area contributed by atoms with Crippen molar-refractivity contribution in [3.05, 3.63) is 35.9 Å². The Morgan fingerprint density at radius 1 is 1.33 bits per heavy atom. The van der Waals surface area contributed by atoms with Crippen LogP contribution in [0.2, 0.25) is 0 Å². The van der Waals surface area contributed by atoms with E-state index in [0.717, 1.165) is 32.5 Å². The van der Waals surface area contributed by atoms with Crippen molar-refractivity contribution >= 4 is 18.3 Å². The van der Waals surface area contributed by atoms with Crippen LogP contribution in [0.1, 0.15) is 12.0 Å². The standard InChI is InChI=1S/C16H22N2O2.ClH/c19-16(15-11-17-7-9-20-15)18-8-6-14(12-18)10-13-4-2-1-3-5-13;/h1-5,14-15,17H,6-12H2;1H. The third-order valence-corrected chi connectivity index (χ3v) is 4.17. The van der Waals surface area contributed by atoms with Gasteiger partial charge in [0.05, 0.1) is 6.61 Å². The minimum atomic E-state index is -0.278. The summed E-state index contributed by atoms with van der Waals surface area (Å²) in [7, 11) is 0. The number of rotatable bonds is 3. The van der Waals surface area contributed by atoms with E-state index in [1.165, 1.54) is 5.56 Å². The molecule has 0 aliphatic carbocycles. The maximum Gasteiger partial charge on any atom is 0.253 e. The van der Waals surface area contributed by atoms with Crippen molar-refractivity contribution in [2.75, 3.05) is 32.8 Å². The molecule has 0 spiro atoms. The highest BCUT2D eigenvalue weighted by Crippen LogP contribution is 2.22. The third kappa shape index (κ3) is 4.19. The van der Waals surface area contributed by atoms with Crippen molar-refractivity contribution < 1.29 is 9.53 Å². The topological polar surface area (TPSA) is 41.6 Å². The van der Waals surface area contributed by atoms with Crippen molar-refractivity contribution in [1.29, 1.82) is 0 Å². The van der Waals surface area contributed by atoms with Crippen molar-refractivity contribution in [2.45, 2.75) is 18.9 Å². The Morgan fingerprint density at radius 3 is 2.86 bits per heavy atom. The number of carbonyl (C=O) groups excluding carboxylic acids is 1. The molecule has 21 heavy (non-hydrogen) atoms. The van der Waals surface area contributed by atoms with Gasteiger partial charge in [-0.2, -0.15) is 0 Å². The van der Waals surface area contributed by atoms with E-state index in [0.29, 0.717) is 19.1 Å². The Hall–Kier alpha value is -1.10. The van der Waals surface area contributed by atoms with Crippen LogP contribution < -0.4 is 5.32 Å². The van der Waals surface area contributed by atoms with Gasteiger partial charge in [-0.1, -0.05) is 30.3 Å². The average molecular weight is 311 g/mol. The number of nitrogens with one attached hydrogen (secondary N) is 1. The Bertz CT molecular complexity index is 449. The first kappa shape index (κ1) is 16.3. The summed E-state index contributed by atoms with van der Waals surface area (Å²) in [4.78, 5) is 14.3. The van der Waals surface area contributed by atoms with E-state index in [1.54, 1.807) is 0 Å². The molecule has 2 unspecified atom stereocenters. The monoisotopic (exact) mass is 310 g/mol. The fraction of sp³-hybridized carbons (Fsp3) is 0.562. The van der Waals surface area contributed by atoms with Crippen LogP contribution in [0.5, 0.6) is 0 Å². The van der Waals surface area contributed by atoms with Gasteiger partial charge in [0, 0.05) is 26.2 Å². The van der Waals surface area contributed by atoms with E-state index in [1.807, 2.05) is 11.0 Å². The quantitative estimate of drug-likeness (QED) is 0.919. The van der Waals surface area contributed by atoms with Crippen LogP contribution in [0.4, 0.5) is 0 Å². The molecule has 5 heteroatoms. The first-order valence-electron chi connectivity index (χ1n) is 7.48. The molecule has 2 aliphatic heterocycles. The van der Waals surface area contributed by atoms with Gasteiger partial charge < -0.3 is 15.0 Å². The van der Waals surface area contributed by atoms with Gasteiger partial charge in [0.15, 0.2) is 0 Å². The second-order valence-corrected chi connectivity index (χ2v) is 5.69. The molecule has 2 saturated heterocycles. The number of morpholine rings is 1. The SMILES string of the molecule is Cl.O=C(C1CNCCO1)N1CCC(Cc2ccccc2)C1. The zero-order valence-electron chi connectivity index (χ0n) is 12.2. The van der Waals surface area contributed by atoms with E-state index in [9.17, 15) is 4.79 Å². The molecule has 0 saturated carbocycles. The lowest BCUT2D eigenvalue weighted by atomic mass is 9.99. The van der Waals surface area contributed by atoms with Gasteiger partial charge in [-0.3, -0.25) is 4.79 Å². The number of benzene rings is 1. The number of likely N-dealkylation sites (tertiary alicyclic amines) is 1. The number of hydrogen-bond donors (Lipinski definition) is 1. The minimum Gasteiger partial charge on any atom is -0.366 e. The van der Waals surface area contributed by atoms with Gasteiger partial charge >= 0.3 is 0 Å². The number of amides is 1. The third-order valence-electron chi connectivity index (χ3n) is 4.17. The maximum absolute atomic E-state index is 12.4. The summed E-state index contributed by atoms with van der Waals surface area (Å²) in [5.74, 6) is 0.741. The highest BCUT2D eigenvalue weighted by Gasteiger charge is 2.32. The normalized spacial score (nSPS) is 25.4. The second-order valence-electron chi connectivity index (χ2n) is 5.69. The Balaban J connectivity index is 0.00000161. The van der Waals surface area contributed by atoms with E-state index >= 15 is 0 Å². The summed E-state index contributed by atoms with van der Waals surface area (Å²) in [6, 6.07) is 10.5. The van der Waals surface area contributed by atoms with Crippen LogP contribution in [0.15, 0.2) is 30.3 Å². The predicted octanol–water partition coefficient (Wildman–Crippen LogP) is 1.49. The number of carbonyl (C=O) groups is 1. The second kappa shape index (κ2) is 7.78. The molecule has 1 N–H and O–H groups in total. The van der Waals surface area contributed by atoms with E-state index in [2.05, 4.69) is 29.6 Å². The molecule has 116 valence electrons. The first-order valence-corrected chi connectivity index (χ1v) is 7.48. The van der Waals surface area contributed by atoms with Crippen molar-refractivity contribution in [1.82, 2.24) is 10.2 Å². The molecule has 2 atom stereocenters. The van der Waals surface area contributed by atoms with Crippen LogP contribution in [0.25, 0.3) is 0 Å². The summed E-state index contributed by atoms with van der Waals surface area (Å²) >= 11 is 0. The highest BCUT2D eigenvalue weighted by molar-refractivity contribution is 5.85. The molecule has 0 bridgehead atoms. The Labute approximate surface area is 132 Å². The molecule has 0 aromatic heterocycles. The van der Waals surface area contributed by atoms with E-state index in [4.69, 9.17) is 4.74 Å². The predicted molar refractivity (Wildman–Crippen MR) is 84.7 cm³/mol. The fourth-order valence-electron chi connectivity index (χ4n) is 3.07. The molecule has 2 fully saturated rings. The van der Waals surface area contributed by atoms with Gasteiger partial charge in [0.2, 0.25) is 0 Å². The largest absolute Gasteiger partial charge is 0.366 e. The van der Waals surface area contributed by atoms with Gasteiger partial charge in [-0.25, -0.2) is 0 Å². The minimum absolute atomic E-state index is 0. The molecule has 2 heterocycles. The zero-order chi connectivity index (χ0) is 13.8. The van der Waals surface area contributed by atoms with E-state index < -0.39 is 0 Å². The van der Waals surface area contributed by atoms with Crippen LogP contribution in [0.3, 0.4) is 0 Å². The van der Waals surface area contributed by atoms with Gasteiger partial charge in [-0.15, -0.1) is 12.4 Å². The molecular formula is C16H23ClN2O2. The summed E-state index contributed by atoms with van der Waals surface area (Å²) in [5, 5.41) is 3.22. The molecule has 1 aromatic rings. The summed E-state index contributed by atoms with van der Waals surface area (Å²) in [5.41, 5.74) is 1.36. The van der Waals surface area contributed by atoms with Gasteiger partial charge in [0.1, 0.15) is 6.10 Å². The lowest BCUT2D eigenvalue weighted by Crippen LogP contribution is -2.48. The van der Waals surface area contributed by atoms with Crippen LogP contribution in [0, 0.1) is 5.92 Å². The van der Waals surface area contributed by atoms with Crippen molar-refractivity contribution in [3.63, 3.8) is 0 Å². The van der Waals surface area contributed by atoms with E-state index in [-0.39, 0.29) is 24.4 Å². The molecule has 1 aromatic carbocycles. The highest BCUT2D eigenvalue weighted by atomic mass is 35.5. The smallest absolute Gasteiger partial charge is 0.253 e. The van der Waals surface area contributed by atoms with Crippen LogP contribution in [-0.2, 0) is 16.0 Å². The molecule has 3 rings (SSSR count). The molecular weight excluding hydrogens is 288 g/mol. The fourth-order valence-corrected chi connectivity index (χ4v) is 3.07. The lowest BCUT2D eigenvalue weighted by Gasteiger charge is -2.27. The first-order chi connectivity index (χ1) is 9.83. The lowest BCUT2D eigenvalue weighted by molar-refractivity contribution is -0.144. The van der Waals surface area contributed by atoms with Gasteiger partial charge in [-0.05, 0) is 24.3 Å². The van der Waals surface area contributed by atoms with Gasteiger partial charge in [0.25, 0.3) is 5.91 Å². The molecule has 0 radical (unpaired) electrons. The van der Waals surface area contributed by atoms with Crippen LogP contribution in [-0.4, -0.2) is 49.7 Å². The van der Waals surface area contributed by atoms with Crippen LogP contribution >= 0.6 is 12.4 Å². The molecule has 1 amide bonds. The summed E-state index contributed by atoms with van der Waals surface area (Å²) in [6.07, 6.45) is 1.88. The zero-order valence-corrected chi connectivity index (χ0v) is 13.0. The summed E-state index contributed by atoms with van der Waals surface area (Å²) < 4.78 is 5.55. The number of nitrogens with zero attached hydrogens (tertiary/aromatic N) is 1. The molecule has 2 aliphatic rings. The van der Waals surface area contributed by atoms with Crippen molar-refractivity contribution in [2.24, 2.45) is 5.92 Å². The maximum atomic E-state index is 12.4. The van der Waals surface area contributed by atoms with Crippen molar-refractivity contribution in [3.8, 4) is 0 Å². The number of hydrogen-bond acceptors (Lipinski definition) is 3. The number of ether oxygens (including phenoxy) is 1. The Morgan fingerprint density at radius 2 is 2.14 bits per heavy atom. The average Bonchev–Trinajstić information content (AvgIpc) is 2.97.